The van der Waals surface area contributed by atoms with Crippen molar-refractivity contribution in [3.05, 3.63) is 54.1 Å². The number of aliphatic hydroxyl groups is 3. The molecule has 10 heteroatoms. The summed E-state index contributed by atoms with van der Waals surface area (Å²) in [6, 6.07) is 11.5. The molecule has 0 bridgehead atoms. The van der Waals surface area contributed by atoms with E-state index in [1.807, 2.05) is 37.3 Å². The second kappa shape index (κ2) is 8.71. The molecule has 0 spiro atoms. The van der Waals surface area contributed by atoms with Gasteiger partial charge in [-0.3, -0.25) is 0 Å². The molecule has 1 aromatic carbocycles. The van der Waals surface area contributed by atoms with Crippen LogP contribution in [0, 0.1) is 12.8 Å². The molecule has 0 radical (unpaired) electrons. The molecular formula is C23H25N5O4S. The van der Waals surface area contributed by atoms with Crippen LogP contribution in [0.25, 0.3) is 20.8 Å². The Bertz CT molecular complexity index is 1230. The monoisotopic (exact) mass is 467 g/mol. The highest BCUT2D eigenvalue weighted by Crippen LogP contribution is 2.40. The third-order valence-electron chi connectivity index (χ3n) is 6.00. The van der Waals surface area contributed by atoms with Gasteiger partial charge in [0.05, 0.1) is 34.3 Å². The Hall–Kier alpha value is -3.05. The minimum absolute atomic E-state index is 0.200. The first-order chi connectivity index (χ1) is 16.0. The number of para-hydroxylation sites is 1. The van der Waals surface area contributed by atoms with Gasteiger partial charge >= 0.3 is 0 Å². The fourth-order valence-electron chi connectivity index (χ4n) is 4.19. The van der Waals surface area contributed by atoms with E-state index in [1.54, 1.807) is 12.3 Å². The fourth-order valence-corrected chi connectivity index (χ4v) is 5.25. The van der Waals surface area contributed by atoms with Gasteiger partial charge in [-0.2, -0.15) is 4.98 Å². The Morgan fingerprint density at radius 3 is 2.76 bits per heavy atom. The Labute approximate surface area is 194 Å². The second-order valence-electron chi connectivity index (χ2n) is 8.25. The van der Waals surface area contributed by atoms with E-state index in [-0.39, 0.29) is 13.0 Å². The van der Waals surface area contributed by atoms with Crippen molar-refractivity contribution >= 4 is 33.3 Å². The third-order valence-corrected chi connectivity index (χ3v) is 7.05. The number of rotatable bonds is 7. The lowest BCUT2D eigenvalue weighted by Crippen LogP contribution is -2.48. The molecule has 0 saturated heterocycles. The van der Waals surface area contributed by atoms with Crippen LogP contribution in [0.4, 0.5) is 11.8 Å². The van der Waals surface area contributed by atoms with E-state index in [4.69, 9.17) is 9.40 Å². The number of fused-ring (bicyclic) bond motifs is 1. The van der Waals surface area contributed by atoms with Crippen LogP contribution >= 0.6 is 11.3 Å². The molecule has 1 saturated carbocycles. The summed E-state index contributed by atoms with van der Waals surface area (Å²) in [5, 5.41) is 38.3. The van der Waals surface area contributed by atoms with Crippen molar-refractivity contribution in [3.63, 3.8) is 0 Å². The zero-order chi connectivity index (χ0) is 23.0. The van der Waals surface area contributed by atoms with E-state index in [2.05, 4.69) is 20.6 Å². The van der Waals surface area contributed by atoms with E-state index in [1.165, 1.54) is 11.3 Å². The van der Waals surface area contributed by atoms with Crippen LogP contribution in [0.15, 0.2) is 47.1 Å². The summed E-state index contributed by atoms with van der Waals surface area (Å²) in [6.07, 6.45) is 1.23. The number of aryl methyl sites for hydroxylation is 1. The molecule has 3 heterocycles. The number of aromatic nitrogens is 3. The van der Waals surface area contributed by atoms with Crippen molar-refractivity contribution in [1.29, 1.82) is 0 Å². The minimum atomic E-state index is -1.63. The van der Waals surface area contributed by atoms with E-state index in [0.717, 1.165) is 16.0 Å². The molecule has 1 fully saturated rings. The fraction of sp³-hybridized carbons (Fsp3) is 0.348. The summed E-state index contributed by atoms with van der Waals surface area (Å²) in [4.78, 5) is 14.0. The summed E-state index contributed by atoms with van der Waals surface area (Å²) in [6.45, 7) is 2.05. The summed E-state index contributed by atoms with van der Waals surface area (Å²) in [5.41, 5.74) is 0.566. The molecule has 4 aromatic rings. The normalized spacial score (nSPS) is 22.7. The SMILES string of the molecule is Cc1nc(NCc2ccco2)nc(NC2(O)CCC(CO)C2O)c1-c1nc2ccccc2s1. The van der Waals surface area contributed by atoms with E-state index in [0.29, 0.717) is 41.0 Å². The average molecular weight is 468 g/mol. The van der Waals surface area contributed by atoms with Gasteiger partial charge in [-0.25, -0.2) is 9.97 Å². The number of nitrogens with one attached hydrogen (secondary N) is 2. The number of hydrogen-bond donors (Lipinski definition) is 5. The number of anilines is 2. The Kier molecular flexibility index (Phi) is 5.75. The smallest absolute Gasteiger partial charge is 0.225 e. The maximum Gasteiger partial charge on any atom is 0.225 e. The number of aliphatic hydroxyl groups excluding tert-OH is 2. The Balaban J connectivity index is 1.55. The number of thiazole rings is 1. The summed E-state index contributed by atoms with van der Waals surface area (Å²) >= 11 is 1.51. The zero-order valence-electron chi connectivity index (χ0n) is 18.0. The predicted molar refractivity (Wildman–Crippen MR) is 126 cm³/mol. The van der Waals surface area contributed by atoms with Gasteiger partial charge in [0, 0.05) is 12.5 Å². The van der Waals surface area contributed by atoms with Crippen LogP contribution < -0.4 is 10.6 Å². The van der Waals surface area contributed by atoms with Gasteiger partial charge in [-0.05, 0) is 44.0 Å². The quantitative estimate of drug-likeness (QED) is 0.260. The molecule has 5 N–H and O–H groups in total. The van der Waals surface area contributed by atoms with Crippen molar-refractivity contribution in [3.8, 4) is 10.6 Å². The summed E-state index contributed by atoms with van der Waals surface area (Å²) in [7, 11) is 0. The van der Waals surface area contributed by atoms with E-state index < -0.39 is 17.7 Å². The predicted octanol–water partition coefficient (Wildman–Crippen LogP) is 3.13. The summed E-state index contributed by atoms with van der Waals surface area (Å²) < 4.78 is 6.39. The highest BCUT2D eigenvalue weighted by molar-refractivity contribution is 7.21. The van der Waals surface area contributed by atoms with Crippen LogP contribution in [0.5, 0.6) is 0 Å². The number of furan rings is 1. The summed E-state index contributed by atoms with van der Waals surface area (Å²) in [5.74, 6) is 1.04. The lowest BCUT2D eigenvalue weighted by atomic mass is 10.0. The van der Waals surface area contributed by atoms with Crippen LogP contribution in [-0.4, -0.2) is 48.7 Å². The first-order valence-electron chi connectivity index (χ1n) is 10.8. The average Bonchev–Trinajstić information content (AvgIpc) is 3.52. The van der Waals surface area contributed by atoms with Gasteiger partial charge < -0.3 is 30.4 Å². The second-order valence-corrected chi connectivity index (χ2v) is 9.28. The van der Waals surface area contributed by atoms with Gasteiger partial charge in [0.25, 0.3) is 0 Å². The molecule has 3 unspecified atom stereocenters. The molecule has 9 nitrogen and oxygen atoms in total. The van der Waals surface area contributed by atoms with Gasteiger partial charge in [0.1, 0.15) is 22.7 Å². The van der Waals surface area contributed by atoms with Crippen molar-refractivity contribution in [2.45, 2.75) is 38.1 Å². The first kappa shape index (κ1) is 21.8. The van der Waals surface area contributed by atoms with Crippen LogP contribution in [-0.2, 0) is 6.54 Å². The van der Waals surface area contributed by atoms with Crippen LogP contribution in [0.3, 0.4) is 0 Å². The Morgan fingerprint density at radius 1 is 1.18 bits per heavy atom. The van der Waals surface area contributed by atoms with E-state index in [9.17, 15) is 15.3 Å². The van der Waals surface area contributed by atoms with Crippen molar-refractivity contribution in [2.24, 2.45) is 5.92 Å². The lowest BCUT2D eigenvalue weighted by molar-refractivity contribution is -0.0545. The minimum Gasteiger partial charge on any atom is -0.467 e. The van der Waals surface area contributed by atoms with Gasteiger partial charge in [0.15, 0.2) is 5.72 Å². The maximum atomic E-state index is 11.2. The largest absolute Gasteiger partial charge is 0.467 e. The van der Waals surface area contributed by atoms with Crippen LogP contribution in [0.1, 0.15) is 24.3 Å². The molecule has 3 atom stereocenters. The van der Waals surface area contributed by atoms with Gasteiger partial charge in [-0.1, -0.05) is 12.1 Å². The molecular weight excluding hydrogens is 442 g/mol. The third kappa shape index (κ3) is 4.18. The Morgan fingerprint density at radius 2 is 2.03 bits per heavy atom. The molecule has 1 aliphatic rings. The van der Waals surface area contributed by atoms with Crippen molar-refractivity contribution in [2.75, 3.05) is 17.2 Å². The van der Waals surface area contributed by atoms with Crippen LogP contribution in [0.2, 0.25) is 0 Å². The lowest BCUT2D eigenvalue weighted by Gasteiger charge is -2.31. The molecule has 33 heavy (non-hydrogen) atoms. The zero-order valence-corrected chi connectivity index (χ0v) is 18.8. The standard InChI is InChI=1S/C23H25N5O4S/c1-13-18(21-26-16-6-2-3-7-17(16)33-21)20(28-23(31)9-8-14(12-29)19(23)30)27-22(25-13)24-11-15-5-4-10-32-15/h2-7,10,14,19,29-31H,8-9,11-12H2,1H3,(H2,24,25,27,28). The topological polar surface area (TPSA) is 137 Å². The first-order valence-corrected chi connectivity index (χ1v) is 11.6. The molecule has 0 amide bonds. The molecule has 5 rings (SSSR count). The molecule has 172 valence electrons. The highest BCUT2D eigenvalue weighted by Gasteiger charge is 2.47. The molecule has 3 aromatic heterocycles. The van der Waals surface area contributed by atoms with Crippen molar-refractivity contribution < 1.29 is 19.7 Å². The highest BCUT2D eigenvalue weighted by atomic mass is 32.1. The molecule has 0 aliphatic heterocycles. The van der Waals surface area contributed by atoms with Crippen molar-refractivity contribution in [1.82, 2.24) is 15.0 Å². The number of nitrogens with zero attached hydrogens (tertiary/aromatic N) is 3. The number of benzene rings is 1. The van der Waals surface area contributed by atoms with Gasteiger partial charge in [-0.15, -0.1) is 11.3 Å². The molecule has 1 aliphatic carbocycles. The van der Waals surface area contributed by atoms with Gasteiger partial charge in [0.2, 0.25) is 5.95 Å². The number of hydrogen-bond acceptors (Lipinski definition) is 10. The van der Waals surface area contributed by atoms with E-state index >= 15 is 0 Å². The maximum absolute atomic E-state index is 11.2.